The van der Waals surface area contributed by atoms with Gasteiger partial charge in [0.15, 0.2) is 0 Å². The van der Waals surface area contributed by atoms with Crippen molar-refractivity contribution in [3.8, 4) is 6.07 Å². The quantitative estimate of drug-likeness (QED) is 0.228. The van der Waals surface area contributed by atoms with Crippen molar-refractivity contribution in [1.29, 1.82) is 5.26 Å². The molecule has 8 nitrogen and oxygen atoms in total. The van der Waals surface area contributed by atoms with Crippen LogP contribution in [-0.4, -0.2) is 48.0 Å². The lowest BCUT2D eigenvalue weighted by Gasteiger charge is -2.19. The molecule has 0 aliphatic carbocycles. The zero-order valence-electron chi connectivity index (χ0n) is 16.7. The fourth-order valence-electron chi connectivity index (χ4n) is 1.75. The summed E-state index contributed by atoms with van der Waals surface area (Å²) in [5.74, 6) is -0.272. The molecule has 148 valence electrons. The molecule has 0 aromatic heterocycles. The zero-order chi connectivity index (χ0) is 21.7. The number of allylic oxidation sites excluding steroid dienone is 5. The summed E-state index contributed by atoms with van der Waals surface area (Å²) in [7, 11) is 1.51. The van der Waals surface area contributed by atoms with Crippen LogP contribution in [-0.2, 0) is 4.79 Å². The van der Waals surface area contributed by atoms with Crippen molar-refractivity contribution < 1.29 is 9.59 Å². The second kappa shape index (κ2) is 12.6. The Hall–Kier alpha value is -3.73. The molecule has 0 saturated heterocycles. The molecule has 0 aliphatic rings. The number of hydrogen-bond acceptors (Lipinski definition) is 4. The van der Waals surface area contributed by atoms with Crippen LogP contribution in [0.3, 0.4) is 0 Å². The van der Waals surface area contributed by atoms with E-state index in [0.717, 1.165) is 10.5 Å². The highest BCUT2D eigenvalue weighted by atomic mass is 16.2. The van der Waals surface area contributed by atoms with E-state index in [2.05, 4.69) is 23.1 Å². The molecular formula is C20H26N6O2. The molecule has 0 fully saturated rings. The Bertz CT molecular complexity index is 809. The lowest BCUT2D eigenvalue weighted by Crippen LogP contribution is -2.39. The number of guanidine groups is 1. The van der Waals surface area contributed by atoms with Gasteiger partial charge in [0.25, 0.3) is 0 Å². The Kier molecular flexibility index (Phi) is 10.9. The van der Waals surface area contributed by atoms with Crippen LogP contribution in [0.15, 0.2) is 70.0 Å². The van der Waals surface area contributed by atoms with Gasteiger partial charge in [0.2, 0.25) is 12.4 Å². The van der Waals surface area contributed by atoms with Crippen molar-refractivity contribution >= 4 is 24.6 Å². The highest BCUT2D eigenvalue weighted by molar-refractivity contribution is 5.96. The van der Waals surface area contributed by atoms with Crippen LogP contribution >= 0.6 is 0 Å². The first kappa shape index (κ1) is 24.3. The van der Waals surface area contributed by atoms with Gasteiger partial charge in [-0.05, 0) is 38.0 Å². The van der Waals surface area contributed by atoms with E-state index in [1.807, 2.05) is 6.07 Å². The van der Waals surface area contributed by atoms with Crippen molar-refractivity contribution in [3.05, 3.63) is 60.0 Å². The molecule has 0 radical (unpaired) electrons. The maximum absolute atomic E-state index is 12.3. The number of urea groups is 1. The molecule has 2 N–H and O–H groups in total. The van der Waals surface area contributed by atoms with Gasteiger partial charge in [0.1, 0.15) is 0 Å². The third kappa shape index (κ3) is 8.10. The average molecular weight is 382 g/mol. The van der Waals surface area contributed by atoms with E-state index in [0.29, 0.717) is 23.3 Å². The van der Waals surface area contributed by atoms with E-state index >= 15 is 0 Å². The van der Waals surface area contributed by atoms with Gasteiger partial charge in [-0.15, -0.1) is 0 Å². The van der Waals surface area contributed by atoms with Crippen molar-refractivity contribution in [3.63, 3.8) is 0 Å². The maximum Gasteiger partial charge on any atom is 0.350 e. The summed E-state index contributed by atoms with van der Waals surface area (Å²) in [4.78, 5) is 33.8. The average Bonchev–Trinajstić information content (AvgIpc) is 2.69. The van der Waals surface area contributed by atoms with Gasteiger partial charge in [-0.3, -0.25) is 19.6 Å². The second-order valence-corrected chi connectivity index (χ2v) is 5.70. The monoisotopic (exact) mass is 382 g/mol. The first-order chi connectivity index (χ1) is 13.2. The van der Waals surface area contributed by atoms with Gasteiger partial charge in [0.05, 0.1) is 12.6 Å². The molecule has 0 bridgehead atoms. The maximum atomic E-state index is 12.3. The highest BCUT2D eigenvalue weighted by Gasteiger charge is 2.15. The van der Waals surface area contributed by atoms with Gasteiger partial charge < -0.3 is 5.73 Å². The number of rotatable bonds is 8. The van der Waals surface area contributed by atoms with E-state index in [1.165, 1.54) is 30.4 Å². The number of carbonyl (C=O) groups is 2. The number of nitriles is 1. The van der Waals surface area contributed by atoms with Gasteiger partial charge in [-0.25, -0.2) is 4.79 Å². The number of nitrogens with zero attached hydrogens (tertiary/aromatic N) is 5. The zero-order valence-corrected chi connectivity index (χ0v) is 16.7. The number of amides is 3. The second-order valence-electron chi connectivity index (χ2n) is 5.70. The molecule has 0 saturated carbocycles. The fourth-order valence-corrected chi connectivity index (χ4v) is 1.75. The topological polar surface area (TPSA) is 115 Å². The number of aliphatic imine (C=N–C) groups is 2. The van der Waals surface area contributed by atoms with E-state index < -0.39 is 6.03 Å². The molecule has 8 heteroatoms. The number of nitrogens with two attached hydrogens (primary N) is 1. The number of carbonyl (C=O) groups excluding carboxylic acids is 2. The van der Waals surface area contributed by atoms with Crippen LogP contribution in [0.25, 0.3) is 0 Å². The van der Waals surface area contributed by atoms with Crippen LogP contribution in [0, 0.1) is 11.3 Å². The predicted molar refractivity (Wildman–Crippen MR) is 112 cm³/mol. The molecule has 28 heavy (non-hydrogen) atoms. The van der Waals surface area contributed by atoms with Crippen LogP contribution < -0.4 is 5.73 Å². The summed E-state index contributed by atoms with van der Waals surface area (Å²) >= 11 is 0. The third-order valence-corrected chi connectivity index (χ3v) is 3.62. The Morgan fingerprint density at radius 3 is 2.43 bits per heavy atom. The summed E-state index contributed by atoms with van der Waals surface area (Å²) in [6.07, 6.45) is 8.13. The number of hydrogen-bond donors (Lipinski definition) is 1. The SMILES string of the molecule is C=C/C=N\C=C(/C)N(C)C(=O)/N=C(/N)N(C=O)CC(/C=C(\C)C#N)=C(\C)C=C. The van der Waals surface area contributed by atoms with Crippen LogP contribution in [0.4, 0.5) is 4.79 Å². The van der Waals surface area contributed by atoms with Crippen molar-refractivity contribution in [1.82, 2.24) is 9.80 Å². The van der Waals surface area contributed by atoms with E-state index in [9.17, 15) is 9.59 Å². The summed E-state index contributed by atoms with van der Waals surface area (Å²) < 4.78 is 0. The minimum Gasteiger partial charge on any atom is -0.369 e. The minimum absolute atomic E-state index is 0.0329. The van der Waals surface area contributed by atoms with Gasteiger partial charge >= 0.3 is 6.03 Å². The molecule has 0 rings (SSSR count). The largest absolute Gasteiger partial charge is 0.369 e. The molecule has 0 spiro atoms. The molecular weight excluding hydrogens is 356 g/mol. The molecule has 3 amide bonds. The first-order valence-corrected chi connectivity index (χ1v) is 8.27. The normalized spacial score (nSPS) is 13.5. The summed E-state index contributed by atoms with van der Waals surface area (Å²) in [6.45, 7) is 12.3. The lowest BCUT2D eigenvalue weighted by molar-refractivity contribution is -0.114. The summed E-state index contributed by atoms with van der Waals surface area (Å²) in [5, 5.41) is 8.98. The Labute approximate surface area is 166 Å². The Morgan fingerprint density at radius 1 is 1.29 bits per heavy atom. The van der Waals surface area contributed by atoms with E-state index in [-0.39, 0.29) is 12.5 Å². The van der Waals surface area contributed by atoms with E-state index in [4.69, 9.17) is 11.0 Å². The van der Waals surface area contributed by atoms with Gasteiger partial charge in [0, 0.05) is 30.7 Å². The van der Waals surface area contributed by atoms with Gasteiger partial charge in [-0.1, -0.05) is 25.3 Å². The molecule has 0 aromatic carbocycles. The molecule has 0 aliphatic heterocycles. The van der Waals surface area contributed by atoms with Gasteiger partial charge in [-0.2, -0.15) is 10.3 Å². The molecule has 0 heterocycles. The molecule has 0 aromatic rings. The van der Waals surface area contributed by atoms with Crippen molar-refractivity contribution in [2.24, 2.45) is 15.7 Å². The molecule has 0 atom stereocenters. The van der Waals surface area contributed by atoms with Crippen LogP contribution in [0.1, 0.15) is 20.8 Å². The van der Waals surface area contributed by atoms with Crippen LogP contribution in [0.2, 0.25) is 0 Å². The smallest absolute Gasteiger partial charge is 0.350 e. The Morgan fingerprint density at radius 2 is 1.93 bits per heavy atom. The van der Waals surface area contributed by atoms with Crippen molar-refractivity contribution in [2.75, 3.05) is 13.6 Å². The van der Waals surface area contributed by atoms with Crippen LogP contribution in [0.5, 0.6) is 0 Å². The molecule has 0 unspecified atom stereocenters. The first-order valence-electron chi connectivity index (χ1n) is 8.27. The standard InChI is InChI=1S/C20H26N6O2/c1-7-9-23-12-17(5)25(6)20(28)24-19(22)26(14-27)13-18(16(4)8-2)10-15(3)11-21/h7-10,12,14H,1-2,13H2,3-6H3,(H2,22,24,28)/b15-10+,17-12+,18-16+,23-9-. The third-order valence-electron chi connectivity index (χ3n) is 3.62. The lowest BCUT2D eigenvalue weighted by atomic mass is 10.1. The van der Waals surface area contributed by atoms with E-state index in [1.54, 1.807) is 32.9 Å². The minimum atomic E-state index is -0.665. The predicted octanol–water partition coefficient (Wildman–Crippen LogP) is 2.90. The van der Waals surface area contributed by atoms with Crippen molar-refractivity contribution in [2.45, 2.75) is 20.8 Å². The summed E-state index contributed by atoms with van der Waals surface area (Å²) in [6, 6.07) is 1.35. The summed E-state index contributed by atoms with van der Waals surface area (Å²) in [5.41, 5.74) is 8.23. The Balaban J connectivity index is 5.61. The highest BCUT2D eigenvalue weighted by Crippen LogP contribution is 2.12. The fraction of sp³-hybridized carbons (Fsp3) is 0.250.